The number of carbonyl (C=O) groups is 3. The van der Waals surface area contributed by atoms with Gasteiger partial charge >= 0.3 is 0 Å². The number of hydrogen-bond acceptors (Lipinski definition) is 6. The highest BCUT2D eigenvalue weighted by Crippen LogP contribution is 2.47. The van der Waals surface area contributed by atoms with E-state index in [1.54, 1.807) is 55.5 Å². The van der Waals surface area contributed by atoms with Crippen LogP contribution in [0.3, 0.4) is 0 Å². The van der Waals surface area contributed by atoms with Gasteiger partial charge in [-0.05, 0) is 67.1 Å². The number of hydrogen-bond donors (Lipinski definition) is 2. The summed E-state index contributed by atoms with van der Waals surface area (Å²) in [4.78, 5) is 48.9. The van der Waals surface area contributed by atoms with Crippen LogP contribution in [0.15, 0.2) is 66.9 Å². The van der Waals surface area contributed by atoms with E-state index in [1.165, 1.54) is 28.1 Å². The molecule has 1 aromatic heterocycles. The van der Waals surface area contributed by atoms with Crippen LogP contribution in [0.4, 0.5) is 20.3 Å². The number of aliphatic hydroxyl groups is 1. The molecule has 2 aliphatic carbocycles. The summed E-state index contributed by atoms with van der Waals surface area (Å²) >= 11 is 0. The zero-order valence-corrected chi connectivity index (χ0v) is 24.0. The molecule has 3 aromatic rings. The van der Waals surface area contributed by atoms with Crippen LogP contribution in [0.1, 0.15) is 66.8 Å². The van der Waals surface area contributed by atoms with Crippen LogP contribution < -0.4 is 15.1 Å². The van der Waals surface area contributed by atoms with E-state index < -0.39 is 54.3 Å². The van der Waals surface area contributed by atoms with Crippen LogP contribution in [-0.2, 0) is 20.0 Å². The minimum atomic E-state index is -2.87. The van der Waals surface area contributed by atoms with Gasteiger partial charge in [-0.1, -0.05) is 36.4 Å². The Morgan fingerprint density at radius 3 is 2.57 bits per heavy atom. The fourth-order valence-corrected chi connectivity index (χ4v) is 6.08. The lowest BCUT2D eigenvalue weighted by molar-refractivity contribution is -0.133. The Labute approximate surface area is 253 Å². The lowest BCUT2D eigenvalue weighted by atomic mass is 9.87. The zero-order valence-electron chi connectivity index (χ0n) is 24.0. The van der Waals surface area contributed by atoms with Gasteiger partial charge in [-0.3, -0.25) is 24.2 Å². The van der Waals surface area contributed by atoms with Crippen molar-refractivity contribution in [2.75, 3.05) is 9.80 Å². The van der Waals surface area contributed by atoms with Crippen LogP contribution in [0.25, 0.3) is 0 Å². The monoisotopic (exact) mass is 599 g/mol. The number of aryl methyl sites for hydroxylation is 1. The molecule has 11 heteroatoms. The third-order valence-corrected chi connectivity index (χ3v) is 8.67. The maximum Gasteiger partial charge on any atom is 0.252 e. The number of pyridine rings is 1. The summed E-state index contributed by atoms with van der Waals surface area (Å²) in [6.45, 7) is 1.79. The van der Waals surface area contributed by atoms with Crippen LogP contribution in [0.2, 0.25) is 0 Å². The maximum atomic E-state index is 14.8. The molecule has 2 atom stereocenters. The number of benzene rings is 2. The van der Waals surface area contributed by atoms with Gasteiger partial charge in [0.2, 0.25) is 11.8 Å². The highest BCUT2D eigenvalue weighted by Gasteiger charge is 2.49. The average Bonchev–Trinajstić information content (AvgIpc) is 3.63. The Morgan fingerprint density at radius 1 is 1.14 bits per heavy atom. The zero-order chi connectivity index (χ0) is 31.2. The van der Waals surface area contributed by atoms with Crippen molar-refractivity contribution in [3.05, 3.63) is 89.1 Å². The van der Waals surface area contributed by atoms with E-state index >= 15 is 0 Å². The fraction of sp³-hybridized carbons (Fsp3) is 0.364. The van der Waals surface area contributed by atoms with Gasteiger partial charge in [0.25, 0.3) is 11.8 Å². The summed E-state index contributed by atoms with van der Waals surface area (Å²) in [5.41, 5.74) is 1.30. The molecule has 0 spiro atoms. The predicted molar refractivity (Wildman–Crippen MR) is 157 cm³/mol. The number of anilines is 2. The largest absolute Gasteiger partial charge is 0.385 e. The van der Waals surface area contributed by atoms with Gasteiger partial charge in [0.1, 0.15) is 17.9 Å². The second kappa shape index (κ2) is 11.1. The first-order valence-electron chi connectivity index (χ1n) is 14.6. The smallest absolute Gasteiger partial charge is 0.252 e. The molecular formula is C33H31F2N5O4. The van der Waals surface area contributed by atoms with Crippen molar-refractivity contribution in [3.63, 3.8) is 0 Å². The van der Waals surface area contributed by atoms with Gasteiger partial charge in [-0.25, -0.2) is 13.8 Å². The topological polar surface area (TPSA) is 127 Å². The SMILES string of the molecule is Cc1ccccc1C(C(=O)NC1CC(F)(F)C1)N(C(=O)C1CCC(=O)N1c1cc(C#N)ccn1)c1cccc(C2(O)CC2)c1. The van der Waals surface area contributed by atoms with E-state index in [4.69, 9.17) is 0 Å². The minimum absolute atomic E-state index is 0.0425. The van der Waals surface area contributed by atoms with Crippen molar-refractivity contribution in [3.8, 4) is 6.07 Å². The lowest BCUT2D eigenvalue weighted by Crippen LogP contribution is -2.56. The first kappa shape index (κ1) is 29.4. The molecule has 3 amide bonds. The van der Waals surface area contributed by atoms with Crippen molar-refractivity contribution in [2.24, 2.45) is 0 Å². The molecule has 44 heavy (non-hydrogen) atoms. The Kier molecular flexibility index (Phi) is 7.41. The molecule has 2 saturated carbocycles. The number of alkyl halides is 2. The number of nitrogens with one attached hydrogen (secondary N) is 1. The predicted octanol–water partition coefficient (Wildman–Crippen LogP) is 4.43. The summed E-state index contributed by atoms with van der Waals surface area (Å²) in [7, 11) is 0. The van der Waals surface area contributed by atoms with Gasteiger partial charge in [-0.2, -0.15) is 5.26 Å². The summed E-state index contributed by atoms with van der Waals surface area (Å²) in [5.74, 6) is -4.30. The van der Waals surface area contributed by atoms with E-state index in [9.17, 15) is 33.5 Å². The van der Waals surface area contributed by atoms with Crippen molar-refractivity contribution in [2.45, 2.75) is 75.1 Å². The van der Waals surface area contributed by atoms with Crippen molar-refractivity contribution in [1.82, 2.24) is 10.3 Å². The van der Waals surface area contributed by atoms with Crippen molar-refractivity contribution < 1.29 is 28.3 Å². The standard InChI is InChI=1S/C33H31F2N5O4/c1-20-5-2-3-8-25(20)29(30(42)38-23-17-33(34,35)18-23)39(24-7-4-6-22(16-24)32(44)12-13-32)31(43)26-9-10-28(41)40(26)27-15-21(19-36)11-14-37-27/h2-8,11,14-16,23,26,29,44H,9-10,12-13,17-18H2,1H3,(H,38,42). The van der Waals surface area contributed by atoms with E-state index in [1.807, 2.05) is 6.07 Å². The second-order valence-corrected chi connectivity index (χ2v) is 11.9. The molecular weight excluding hydrogens is 568 g/mol. The maximum absolute atomic E-state index is 14.8. The second-order valence-electron chi connectivity index (χ2n) is 11.9. The number of nitriles is 1. The number of amides is 3. The Hall–Kier alpha value is -4.69. The summed E-state index contributed by atoms with van der Waals surface area (Å²) in [6.07, 6.45) is 1.66. The van der Waals surface area contributed by atoms with E-state index in [-0.39, 0.29) is 30.1 Å². The van der Waals surface area contributed by atoms with Crippen LogP contribution in [0.5, 0.6) is 0 Å². The molecule has 2 N–H and O–H groups in total. The van der Waals surface area contributed by atoms with E-state index in [0.717, 1.165) is 0 Å². The van der Waals surface area contributed by atoms with Gasteiger partial charge in [-0.15, -0.1) is 0 Å². The molecule has 9 nitrogen and oxygen atoms in total. The fourth-order valence-electron chi connectivity index (χ4n) is 6.08. The molecule has 2 aromatic carbocycles. The molecule has 3 fully saturated rings. The first-order chi connectivity index (χ1) is 21.0. The molecule has 2 unspecified atom stereocenters. The highest BCUT2D eigenvalue weighted by atomic mass is 19.3. The van der Waals surface area contributed by atoms with E-state index in [0.29, 0.717) is 35.2 Å². The lowest BCUT2D eigenvalue weighted by Gasteiger charge is -2.39. The molecule has 226 valence electrons. The number of nitrogens with zero attached hydrogens (tertiary/aromatic N) is 4. The van der Waals surface area contributed by atoms with Crippen LogP contribution >= 0.6 is 0 Å². The normalized spacial score (nSPS) is 20.8. The third-order valence-electron chi connectivity index (χ3n) is 8.67. The third kappa shape index (κ3) is 5.53. The molecule has 0 radical (unpaired) electrons. The summed E-state index contributed by atoms with van der Waals surface area (Å²) < 4.78 is 27.5. The van der Waals surface area contributed by atoms with Crippen LogP contribution in [-0.4, -0.2) is 45.8 Å². The van der Waals surface area contributed by atoms with Gasteiger partial charge in [0.15, 0.2) is 0 Å². The van der Waals surface area contributed by atoms with Crippen molar-refractivity contribution in [1.29, 1.82) is 5.26 Å². The van der Waals surface area contributed by atoms with Crippen molar-refractivity contribution >= 4 is 29.2 Å². The summed E-state index contributed by atoms with van der Waals surface area (Å²) in [6, 6.07) is 15.6. The van der Waals surface area contributed by atoms with Gasteiger partial charge in [0.05, 0.1) is 17.2 Å². The highest BCUT2D eigenvalue weighted by molar-refractivity contribution is 6.10. The number of aromatic nitrogens is 1. The summed E-state index contributed by atoms with van der Waals surface area (Å²) in [5, 5.41) is 23.1. The first-order valence-corrected chi connectivity index (χ1v) is 14.6. The van der Waals surface area contributed by atoms with Crippen LogP contribution in [0, 0.1) is 18.3 Å². The molecule has 1 saturated heterocycles. The quantitative estimate of drug-likeness (QED) is 0.395. The average molecular weight is 600 g/mol. The molecule has 1 aliphatic heterocycles. The van der Waals surface area contributed by atoms with E-state index in [2.05, 4.69) is 10.3 Å². The number of carbonyl (C=O) groups excluding carboxylic acids is 3. The Bertz CT molecular complexity index is 1680. The minimum Gasteiger partial charge on any atom is -0.385 e. The Balaban J connectivity index is 1.47. The van der Waals surface area contributed by atoms with Gasteiger partial charge < -0.3 is 10.4 Å². The number of rotatable bonds is 8. The van der Waals surface area contributed by atoms with Gasteiger partial charge in [0, 0.05) is 37.2 Å². The molecule has 6 rings (SSSR count). The molecule has 2 heterocycles. The molecule has 0 bridgehead atoms. The Morgan fingerprint density at radius 2 is 1.89 bits per heavy atom. The molecule has 3 aliphatic rings. The number of halogens is 2.